The maximum atomic E-state index is 11.9. The van der Waals surface area contributed by atoms with Crippen molar-refractivity contribution in [3.63, 3.8) is 0 Å². The predicted octanol–water partition coefficient (Wildman–Crippen LogP) is 4.43. The van der Waals surface area contributed by atoms with Crippen molar-refractivity contribution in [3.05, 3.63) is 58.1 Å². The van der Waals surface area contributed by atoms with E-state index in [1.54, 1.807) is 57.2 Å². The van der Waals surface area contributed by atoms with Crippen molar-refractivity contribution < 1.29 is 22.7 Å². The minimum Gasteiger partial charge on any atom is -0.481 e. The second-order valence-electron chi connectivity index (χ2n) is 7.71. The largest absolute Gasteiger partial charge is 0.481 e. The second-order valence-corrected chi connectivity index (χ2v) is 10.2. The number of ether oxygens (including phenoxy) is 2. The zero-order chi connectivity index (χ0) is 22.5. The molecule has 0 saturated carbocycles. The Labute approximate surface area is 183 Å². The molecular formula is C23H25ClO5S. The van der Waals surface area contributed by atoms with E-state index in [0.717, 1.165) is 11.8 Å². The van der Waals surface area contributed by atoms with Crippen LogP contribution in [0.5, 0.6) is 5.75 Å². The summed E-state index contributed by atoms with van der Waals surface area (Å²) in [5.74, 6) is 5.90. The third-order valence-corrected chi connectivity index (χ3v) is 5.27. The first kappa shape index (κ1) is 23.8. The zero-order valence-corrected chi connectivity index (χ0v) is 19.3. The van der Waals surface area contributed by atoms with E-state index in [9.17, 15) is 13.2 Å². The molecule has 2 aromatic carbocycles. The second kappa shape index (κ2) is 9.55. The van der Waals surface area contributed by atoms with Crippen LogP contribution in [0.15, 0.2) is 41.3 Å². The van der Waals surface area contributed by atoms with Crippen LogP contribution >= 0.6 is 11.6 Å². The summed E-state index contributed by atoms with van der Waals surface area (Å²) in [6.07, 6.45) is 1.86. The quantitative estimate of drug-likeness (QED) is 0.500. The maximum absolute atomic E-state index is 11.9. The SMILES string of the molecule is CCc1ccc(S(C)(=O)=O)cc1C#Cc1cc(Cl)ccc1OCC(=O)OC(C)(C)C. The zero-order valence-electron chi connectivity index (χ0n) is 17.7. The third kappa shape index (κ3) is 7.08. The lowest BCUT2D eigenvalue weighted by Crippen LogP contribution is -2.27. The fourth-order valence-corrected chi connectivity index (χ4v) is 3.40. The van der Waals surface area contributed by atoms with E-state index >= 15 is 0 Å². The first-order chi connectivity index (χ1) is 13.9. The van der Waals surface area contributed by atoms with Crippen LogP contribution in [0.25, 0.3) is 0 Å². The summed E-state index contributed by atoms with van der Waals surface area (Å²) >= 11 is 6.10. The molecule has 7 heteroatoms. The lowest BCUT2D eigenvalue weighted by molar-refractivity contribution is -0.157. The highest BCUT2D eigenvalue weighted by molar-refractivity contribution is 7.90. The molecule has 0 saturated heterocycles. The van der Waals surface area contributed by atoms with E-state index in [1.165, 1.54) is 0 Å². The van der Waals surface area contributed by atoms with E-state index < -0.39 is 21.4 Å². The van der Waals surface area contributed by atoms with Crippen LogP contribution in [-0.4, -0.2) is 32.9 Å². The Morgan fingerprint density at radius 1 is 1.07 bits per heavy atom. The van der Waals surface area contributed by atoms with Crippen molar-refractivity contribution in [2.24, 2.45) is 0 Å². The Kier molecular flexibility index (Phi) is 7.57. The molecule has 2 rings (SSSR count). The van der Waals surface area contributed by atoms with Crippen molar-refractivity contribution in [1.29, 1.82) is 0 Å². The van der Waals surface area contributed by atoms with Gasteiger partial charge in [-0.1, -0.05) is 36.4 Å². The normalized spacial score (nSPS) is 11.4. The Bertz CT molecular complexity index is 1100. The molecule has 0 radical (unpaired) electrons. The smallest absolute Gasteiger partial charge is 0.344 e. The number of sulfone groups is 1. The lowest BCUT2D eigenvalue weighted by Gasteiger charge is -2.19. The molecule has 0 bridgehead atoms. The molecule has 5 nitrogen and oxygen atoms in total. The Balaban J connectivity index is 2.35. The monoisotopic (exact) mass is 448 g/mol. The number of benzene rings is 2. The van der Waals surface area contributed by atoms with Gasteiger partial charge in [0, 0.05) is 16.8 Å². The summed E-state index contributed by atoms with van der Waals surface area (Å²) in [7, 11) is -3.35. The highest BCUT2D eigenvalue weighted by Gasteiger charge is 2.17. The fraction of sp³-hybridized carbons (Fsp3) is 0.348. The van der Waals surface area contributed by atoms with Gasteiger partial charge in [0.05, 0.1) is 10.5 Å². The molecule has 0 heterocycles. The first-order valence-electron chi connectivity index (χ1n) is 9.38. The number of aryl methyl sites for hydroxylation is 1. The van der Waals surface area contributed by atoms with Gasteiger partial charge < -0.3 is 9.47 Å². The van der Waals surface area contributed by atoms with E-state index in [-0.39, 0.29) is 11.5 Å². The molecule has 0 atom stereocenters. The molecule has 0 N–H and O–H groups in total. The number of rotatable bonds is 5. The van der Waals surface area contributed by atoms with Gasteiger partial charge >= 0.3 is 5.97 Å². The van der Waals surface area contributed by atoms with Crippen molar-refractivity contribution in [3.8, 4) is 17.6 Å². The van der Waals surface area contributed by atoms with Crippen LogP contribution in [-0.2, 0) is 25.8 Å². The highest BCUT2D eigenvalue weighted by atomic mass is 35.5. The summed E-state index contributed by atoms with van der Waals surface area (Å²) in [5.41, 5.74) is 1.41. The topological polar surface area (TPSA) is 69.7 Å². The van der Waals surface area contributed by atoms with Crippen LogP contribution < -0.4 is 4.74 Å². The van der Waals surface area contributed by atoms with Gasteiger partial charge in [0.15, 0.2) is 16.4 Å². The molecule has 0 amide bonds. The average Bonchev–Trinajstić information content (AvgIpc) is 2.63. The highest BCUT2D eigenvalue weighted by Crippen LogP contribution is 2.23. The average molecular weight is 449 g/mol. The fourth-order valence-electron chi connectivity index (χ4n) is 2.58. The Hall–Kier alpha value is -2.49. The van der Waals surface area contributed by atoms with Crippen molar-refractivity contribution in [2.45, 2.75) is 44.6 Å². The maximum Gasteiger partial charge on any atom is 0.344 e. The summed E-state index contributed by atoms with van der Waals surface area (Å²) in [6, 6.07) is 9.80. The van der Waals surface area contributed by atoms with Crippen LogP contribution in [0.4, 0.5) is 0 Å². The molecule has 0 spiro atoms. The minimum atomic E-state index is -3.35. The van der Waals surface area contributed by atoms with E-state index in [0.29, 0.717) is 28.3 Å². The first-order valence-corrected chi connectivity index (χ1v) is 11.6. The molecule has 0 aromatic heterocycles. The molecule has 0 aliphatic rings. The van der Waals surface area contributed by atoms with Crippen LogP contribution in [0.1, 0.15) is 44.4 Å². The molecular weight excluding hydrogens is 424 g/mol. The summed E-state index contributed by atoms with van der Waals surface area (Å²) in [6.45, 7) is 7.03. The number of carbonyl (C=O) groups is 1. The number of esters is 1. The standard InChI is InChI=1S/C23H25ClO5S/c1-6-16-9-11-20(30(5,26)27)14-17(16)7-8-18-13-19(24)10-12-21(18)28-15-22(25)29-23(2,3)4/h9-14H,6,15H2,1-5H3. The van der Waals surface area contributed by atoms with Crippen LogP contribution in [0.2, 0.25) is 5.02 Å². The van der Waals surface area contributed by atoms with Gasteiger partial charge in [-0.15, -0.1) is 0 Å². The minimum absolute atomic E-state index is 0.205. The van der Waals surface area contributed by atoms with E-state index in [4.69, 9.17) is 21.1 Å². The molecule has 0 unspecified atom stereocenters. The van der Waals surface area contributed by atoms with E-state index in [2.05, 4.69) is 11.8 Å². The molecule has 0 aliphatic heterocycles. The summed E-state index contributed by atoms with van der Waals surface area (Å²) in [4.78, 5) is 12.1. The number of carbonyl (C=O) groups excluding carboxylic acids is 1. The van der Waals surface area contributed by atoms with Gasteiger partial charge in [-0.3, -0.25) is 0 Å². The van der Waals surface area contributed by atoms with Gasteiger partial charge in [0.2, 0.25) is 0 Å². The van der Waals surface area contributed by atoms with Gasteiger partial charge in [0.1, 0.15) is 11.4 Å². The van der Waals surface area contributed by atoms with Gasteiger partial charge in [0.25, 0.3) is 0 Å². The molecule has 30 heavy (non-hydrogen) atoms. The van der Waals surface area contributed by atoms with E-state index in [1.807, 2.05) is 6.92 Å². The molecule has 2 aromatic rings. The lowest BCUT2D eigenvalue weighted by atomic mass is 10.1. The summed E-state index contributed by atoms with van der Waals surface area (Å²) in [5, 5.41) is 0.463. The van der Waals surface area contributed by atoms with Gasteiger partial charge in [-0.05, 0) is 63.1 Å². The van der Waals surface area contributed by atoms with Crippen LogP contribution in [0, 0.1) is 11.8 Å². The predicted molar refractivity (Wildman–Crippen MR) is 118 cm³/mol. The Morgan fingerprint density at radius 2 is 1.73 bits per heavy atom. The number of hydrogen-bond acceptors (Lipinski definition) is 5. The third-order valence-electron chi connectivity index (χ3n) is 3.93. The molecule has 0 fully saturated rings. The van der Waals surface area contributed by atoms with Gasteiger partial charge in [-0.25, -0.2) is 13.2 Å². The number of hydrogen-bond donors (Lipinski definition) is 0. The number of halogens is 1. The molecule has 0 aliphatic carbocycles. The van der Waals surface area contributed by atoms with Crippen molar-refractivity contribution >= 4 is 27.4 Å². The molecule has 160 valence electrons. The van der Waals surface area contributed by atoms with Crippen molar-refractivity contribution in [2.75, 3.05) is 12.9 Å². The van der Waals surface area contributed by atoms with Crippen molar-refractivity contribution in [1.82, 2.24) is 0 Å². The Morgan fingerprint density at radius 3 is 2.33 bits per heavy atom. The van der Waals surface area contributed by atoms with Gasteiger partial charge in [-0.2, -0.15) is 0 Å². The van der Waals surface area contributed by atoms with Crippen LogP contribution in [0.3, 0.4) is 0 Å². The summed E-state index contributed by atoms with van der Waals surface area (Å²) < 4.78 is 34.6.